The van der Waals surface area contributed by atoms with Gasteiger partial charge in [0.05, 0.1) is 5.76 Å². The van der Waals surface area contributed by atoms with Crippen molar-refractivity contribution in [2.75, 3.05) is 0 Å². The second kappa shape index (κ2) is 4.24. The molecule has 0 amide bonds. The van der Waals surface area contributed by atoms with Crippen LogP contribution >= 0.6 is 0 Å². The van der Waals surface area contributed by atoms with Gasteiger partial charge in [-0.1, -0.05) is 19.7 Å². The molecule has 3 rings (SSSR count). The van der Waals surface area contributed by atoms with E-state index < -0.39 is 19.8 Å². The van der Waals surface area contributed by atoms with E-state index in [0.29, 0.717) is 28.6 Å². The third-order valence-corrected chi connectivity index (χ3v) is 3.24. The van der Waals surface area contributed by atoms with Crippen LogP contribution in [0.2, 0.25) is 0 Å². The van der Waals surface area contributed by atoms with Gasteiger partial charge in [-0.3, -0.25) is 0 Å². The fourth-order valence-corrected chi connectivity index (χ4v) is 1.90. The topological polar surface area (TPSA) is 50.1 Å². The van der Waals surface area contributed by atoms with Crippen molar-refractivity contribution in [1.82, 2.24) is 0 Å². The lowest BCUT2D eigenvalue weighted by Gasteiger charge is -2.15. The Bertz CT molecular complexity index is 588. The third-order valence-electron chi connectivity index (χ3n) is 3.24. The molecule has 0 bridgehead atoms. The van der Waals surface area contributed by atoms with Gasteiger partial charge in [-0.05, 0) is 26.0 Å². The summed E-state index contributed by atoms with van der Waals surface area (Å²) in [6.45, 7) is 14.9. The quantitative estimate of drug-likeness (QED) is 0.754. The van der Waals surface area contributed by atoms with Gasteiger partial charge in [-0.2, -0.15) is 0 Å². The third kappa shape index (κ3) is 2.04. The average Bonchev–Trinajstić information content (AvgIpc) is 3.01. The van der Waals surface area contributed by atoms with Crippen LogP contribution in [-0.2, 0) is 18.6 Å². The Balaban J connectivity index is 1.77. The monoisotopic (exact) mass is 272 g/mol. The molecule has 0 N–H and O–H groups in total. The van der Waals surface area contributed by atoms with Crippen LogP contribution in [0.25, 0.3) is 0 Å². The average molecular weight is 272 g/mol. The van der Waals surface area contributed by atoms with Crippen LogP contribution in [-0.4, -0.2) is 19.8 Å². The first-order chi connectivity index (χ1) is 9.37. The molecule has 0 unspecified atom stereocenters. The maximum atomic E-state index is 5.73. The van der Waals surface area contributed by atoms with Crippen LogP contribution in [0.4, 0.5) is 0 Å². The molecule has 2 aliphatic rings. The van der Waals surface area contributed by atoms with Crippen molar-refractivity contribution in [2.45, 2.75) is 19.4 Å². The number of hydrogen-bond donors (Lipinski definition) is 0. The maximum absolute atomic E-state index is 5.73. The number of rotatable bonds is 2. The first-order valence-corrected chi connectivity index (χ1v) is 6.22. The first-order valence-electron chi connectivity index (χ1n) is 6.22. The molecule has 0 radical (unpaired) electrons. The van der Waals surface area contributed by atoms with Gasteiger partial charge in [0, 0.05) is 0 Å². The molecule has 102 valence electrons. The lowest BCUT2D eigenvalue weighted by molar-refractivity contribution is 0.172. The number of furan rings is 1. The summed E-state index contributed by atoms with van der Waals surface area (Å²) in [6, 6.07) is 3.50. The van der Waals surface area contributed by atoms with Gasteiger partial charge in [-0.15, -0.1) is 0 Å². The van der Waals surface area contributed by atoms with Gasteiger partial charge >= 0.3 is 14.2 Å². The van der Waals surface area contributed by atoms with E-state index in [1.807, 2.05) is 13.8 Å². The summed E-state index contributed by atoms with van der Waals surface area (Å²) < 4.78 is 27.7. The Morgan fingerprint density at radius 1 is 0.900 bits per heavy atom. The normalized spacial score (nSPS) is 21.0. The molecule has 0 spiro atoms. The zero-order chi connectivity index (χ0) is 14.5. The summed E-state index contributed by atoms with van der Waals surface area (Å²) in [7, 11) is -1.28. The van der Waals surface area contributed by atoms with Crippen molar-refractivity contribution in [2.24, 2.45) is 0 Å². The second-order valence-corrected chi connectivity index (χ2v) is 5.16. The van der Waals surface area contributed by atoms with Crippen molar-refractivity contribution >= 4 is 25.6 Å². The smallest absolute Gasteiger partial charge is 0.532 e. The Hall–Kier alpha value is -2.01. The van der Waals surface area contributed by atoms with E-state index in [2.05, 4.69) is 19.7 Å². The highest BCUT2D eigenvalue weighted by Gasteiger charge is 2.46. The van der Waals surface area contributed by atoms with Crippen LogP contribution < -0.4 is 11.3 Å². The summed E-state index contributed by atoms with van der Waals surface area (Å²) in [5, 5.41) is 0. The largest absolute Gasteiger partial charge is 0.670 e. The molecule has 2 aliphatic heterocycles. The highest BCUT2D eigenvalue weighted by molar-refractivity contribution is 6.64. The lowest BCUT2D eigenvalue weighted by Crippen LogP contribution is -2.36. The molecule has 0 saturated carbocycles. The van der Waals surface area contributed by atoms with Crippen LogP contribution in [0.15, 0.2) is 53.6 Å². The molecule has 3 heterocycles. The molecule has 0 aliphatic carbocycles. The molecule has 2 saturated heterocycles. The molecule has 7 heteroatoms. The first kappa shape index (κ1) is 13.0. The molecule has 0 aromatic carbocycles. The minimum atomic E-state index is -0.665. The highest BCUT2D eigenvalue weighted by Crippen LogP contribution is 2.29. The highest BCUT2D eigenvalue weighted by atomic mass is 16.7. The molecular weight excluding hydrogens is 258 g/mol. The van der Waals surface area contributed by atoms with Crippen LogP contribution in [0.5, 0.6) is 0 Å². The summed E-state index contributed by atoms with van der Waals surface area (Å²) in [6.07, 6.45) is 0. The molecule has 2 fully saturated rings. The molecule has 20 heavy (non-hydrogen) atoms. The molecule has 5 nitrogen and oxygen atoms in total. The van der Waals surface area contributed by atoms with Crippen molar-refractivity contribution in [3.63, 3.8) is 0 Å². The van der Waals surface area contributed by atoms with Crippen molar-refractivity contribution in [3.05, 3.63) is 49.1 Å². The standard InChI is InChI=1S/C13H14B2O5/c1-8-9(2)18-14(17-8)11-6-7-12(16-11)15-19-10(3)13(4,5)20-15/h6-7H,1-3H2,4-5H3. The molecule has 1 aromatic heterocycles. The van der Waals surface area contributed by atoms with Crippen LogP contribution in [0.3, 0.4) is 0 Å². The van der Waals surface area contributed by atoms with Crippen molar-refractivity contribution in [1.29, 1.82) is 0 Å². The van der Waals surface area contributed by atoms with E-state index in [-0.39, 0.29) is 0 Å². The zero-order valence-corrected chi connectivity index (χ0v) is 11.5. The minimum Gasteiger partial charge on any atom is -0.532 e. The molecule has 0 atom stereocenters. The Kier molecular flexibility index (Phi) is 2.76. The summed E-state index contributed by atoms with van der Waals surface area (Å²) in [4.78, 5) is 0. The summed E-state index contributed by atoms with van der Waals surface area (Å²) in [5.41, 5.74) is 0.491. The Morgan fingerprint density at radius 3 is 1.95 bits per heavy atom. The van der Waals surface area contributed by atoms with Gasteiger partial charge in [0.2, 0.25) is 0 Å². The van der Waals surface area contributed by atoms with E-state index in [9.17, 15) is 0 Å². The Labute approximate surface area is 118 Å². The van der Waals surface area contributed by atoms with E-state index in [4.69, 9.17) is 23.0 Å². The predicted octanol–water partition coefficient (Wildman–Crippen LogP) is 1.08. The van der Waals surface area contributed by atoms with Crippen molar-refractivity contribution < 1.29 is 23.0 Å². The van der Waals surface area contributed by atoms with Gasteiger partial charge < -0.3 is 23.0 Å². The van der Waals surface area contributed by atoms with Gasteiger partial charge in [-0.25, -0.2) is 0 Å². The SMILES string of the molecule is C=C1OB(c2ccc(B3OC(=C)C(C)(C)O3)o2)OC1=C. The van der Waals surface area contributed by atoms with E-state index in [0.717, 1.165) is 0 Å². The number of hydrogen-bond acceptors (Lipinski definition) is 5. The summed E-state index contributed by atoms with van der Waals surface area (Å²) >= 11 is 0. The van der Waals surface area contributed by atoms with E-state index >= 15 is 0 Å². The van der Waals surface area contributed by atoms with Crippen molar-refractivity contribution in [3.8, 4) is 0 Å². The lowest BCUT2D eigenvalue weighted by atomic mass is 9.86. The van der Waals surface area contributed by atoms with Crippen LogP contribution in [0, 0.1) is 0 Å². The fraction of sp³-hybridized carbons (Fsp3) is 0.231. The fourth-order valence-electron chi connectivity index (χ4n) is 1.90. The van der Waals surface area contributed by atoms with Gasteiger partial charge in [0.25, 0.3) is 0 Å². The summed E-state index contributed by atoms with van der Waals surface area (Å²) in [5.74, 6) is 1.36. The van der Waals surface area contributed by atoms with E-state index in [1.165, 1.54) is 0 Å². The molecule has 1 aromatic rings. The van der Waals surface area contributed by atoms with E-state index in [1.54, 1.807) is 12.1 Å². The van der Waals surface area contributed by atoms with Gasteiger partial charge in [0.1, 0.15) is 22.8 Å². The Morgan fingerprint density at radius 2 is 1.45 bits per heavy atom. The molecular formula is C13H14B2O5. The van der Waals surface area contributed by atoms with Gasteiger partial charge in [0.15, 0.2) is 5.66 Å². The van der Waals surface area contributed by atoms with Crippen LogP contribution in [0.1, 0.15) is 13.8 Å². The zero-order valence-electron chi connectivity index (χ0n) is 11.5. The maximum Gasteiger partial charge on any atom is 0.670 e. The predicted molar refractivity (Wildman–Crippen MR) is 75.3 cm³/mol. The second-order valence-electron chi connectivity index (χ2n) is 5.16. The minimum absolute atomic E-state index is 0.399.